The molecule has 0 heterocycles. The van der Waals surface area contributed by atoms with Crippen LogP contribution in [0.15, 0.2) is 0 Å². The summed E-state index contributed by atoms with van der Waals surface area (Å²) in [6.45, 7) is 11.8. The Labute approximate surface area is 72.0 Å². The topological polar surface area (TPSA) is 0 Å². The number of rotatable bonds is 5. The quantitative estimate of drug-likeness (QED) is 0.540. The van der Waals surface area contributed by atoms with Crippen LogP contribution in [0.1, 0.15) is 40.5 Å². The summed E-state index contributed by atoms with van der Waals surface area (Å²) in [5.74, 6) is 0. The van der Waals surface area contributed by atoms with Gasteiger partial charge >= 0.3 is 0 Å². The Bertz CT molecular complexity index is 91.0. The lowest BCUT2D eigenvalue weighted by Gasteiger charge is -2.38. The smallest absolute Gasteiger partial charge is 0.0831 e. The van der Waals surface area contributed by atoms with Gasteiger partial charge in [0, 0.05) is 0 Å². The minimum Gasteiger partial charge on any atom is -0.324 e. The highest BCUT2D eigenvalue weighted by atomic mass is 15.3. The van der Waals surface area contributed by atoms with Gasteiger partial charge in [0.05, 0.1) is 26.2 Å². The highest BCUT2D eigenvalue weighted by molar-refractivity contribution is 4.44. The van der Waals surface area contributed by atoms with Crippen LogP contribution in [-0.2, 0) is 0 Å². The summed E-state index contributed by atoms with van der Waals surface area (Å²) in [6, 6.07) is 0.773. The van der Waals surface area contributed by atoms with Crippen molar-refractivity contribution in [1.82, 2.24) is 0 Å². The first-order chi connectivity index (χ1) is 5.06. The molecule has 0 N–H and O–H groups in total. The van der Waals surface area contributed by atoms with E-state index in [1.165, 1.54) is 30.4 Å². The van der Waals surface area contributed by atoms with Crippen molar-refractivity contribution < 1.29 is 4.48 Å². The molecule has 0 amide bonds. The van der Waals surface area contributed by atoms with Crippen molar-refractivity contribution in [2.45, 2.75) is 46.6 Å². The molecule has 0 radical (unpaired) electrons. The van der Waals surface area contributed by atoms with E-state index in [0.717, 1.165) is 6.04 Å². The van der Waals surface area contributed by atoms with Gasteiger partial charge in [-0.05, 0) is 26.7 Å². The van der Waals surface area contributed by atoms with Gasteiger partial charge in [0.1, 0.15) is 0 Å². The molecule has 11 heavy (non-hydrogen) atoms. The molecule has 68 valence electrons. The van der Waals surface area contributed by atoms with Crippen LogP contribution in [0.3, 0.4) is 0 Å². The van der Waals surface area contributed by atoms with Gasteiger partial charge in [-0.3, -0.25) is 0 Å². The first-order valence-electron chi connectivity index (χ1n) is 4.91. The molecule has 0 aromatic rings. The van der Waals surface area contributed by atoms with Crippen LogP contribution in [0.5, 0.6) is 0 Å². The summed E-state index contributed by atoms with van der Waals surface area (Å²) in [5.41, 5.74) is 0. The molecule has 0 fully saturated rings. The van der Waals surface area contributed by atoms with Crippen molar-refractivity contribution >= 4 is 0 Å². The minimum atomic E-state index is 0.773. The van der Waals surface area contributed by atoms with Crippen LogP contribution in [0.25, 0.3) is 0 Å². The largest absolute Gasteiger partial charge is 0.324 e. The second-order valence-electron chi connectivity index (χ2n) is 4.02. The van der Waals surface area contributed by atoms with Crippen molar-refractivity contribution in [2.75, 3.05) is 20.1 Å². The SMILES string of the molecule is CCC[N+](C)(CCC)C(C)C. The minimum absolute atomic E-state index is 0.773. The van der Waals surface area contributed by atoms with E-state index in [1.807, 2.05) is 0 Å². The van der Waals surface area contributed by atoms with E-state index in [1.54, 1.807) is 0 Å². The molecule has 0 aliphatic carbocycles. The molecule has 0 saturated heterocycles. The van der Waals surface area contributed by atoms with Crippen LogP contribution in [-0.4, -0.2) is 30.7 Å². The predicted molar refractivity (Wildman–Crippen MR) is 51.6 cm³/mol. The van der Waals surface area contributed by atoms with Gasteiger partial charge in [0.15, 0.2) is 0 Å². The lowest BCUT2D eigenvalue weighted by atomic mass is 10.2. The molecular weight excluding hydrogens is 134 g/mol. The van der Waals surface area contributed by atoms with Crippen molar-refractivity contribution in [3.8, 4) is 0 Å². The first kappa shape index (κ1) is 11.0. The van der Waals surface area contributed by atoms with E-state index in [2.05, 4.69) is 34.7 Å². The van der Waals surface area contributed by atoms with Crippen LogP contribution >= 0.6 is 0 Å². The summed E-state index contributed by atoms with van der Waals surface area (Å²) in [5, 5.41) is 0. The molecular formula is C10H24N+. The molecule has 0 aliphatic heterocycles. The monoisotopic (exact) mass is 158 g/mol. The van der Waals surface area contributed by atoms with Crippen LogP contribution < -0.4 is 0 Å². The standard InChI is InChI=1S/C10H24N/c1-6-8-11(5,9-7-2)10(3)4/h10H,6-9H2,1-5H3/q+1. The Kier molecular flexibility index (Phi) is 4.74. The third kappa shape index (κ3) is 3.24. The molecule has 1 nitrogen and oxygen atoms in total. The number of nitrogens with zero attached hydrogens (tertiary/aromatic N) is 1. The van der Waals surface area contributed by atoms with Gasteiger partial charge in [-0.1, -0.05) is 13.8 Å². The number of hydrogen-bond donors (Lipinski definition) is 0. The van der Waals surface area contributed by atoms with Crippen molar-refractivity contribution in [3.05, 3.63) is 0 Å². The summed E-state index contributed by atoms with van der Waals surface area (Å²) in [4.78, 5) is 0. The van der Waals surface area contributed by atoms with Gasteiger partial charge in [0.25, 0.3) is 0 Å². The highest BCUT2D eigenvalue weighted by Gasteiger charge is 2.22. The molecule has 0 aromatic carbocycles. The maximum atomic E-state index is 2.37. The fourth-order valence-corrected chi connectivity index (χ4v) is 1.65. The zero-order valence-corrected chi connectivity index (χ0v) is 8.85. The number of hydrogen-bond acceptors (Lipinski definition) is 0. The summed E-state index contributed by atoms with van der Waals surface area (Å²) < 4.78 is 1.24. The average molecular weight is 158 g/mol. The van der Waals surface area contributed by atoms with E-state index in [9.17, 15) is 0 Å². The molecule has 1 heteroatoms. The second kappa shape index (κ2) is 4.76. The van der Waals surface area contributed by atoms with E-state index in [0.29, 0.717) is 0 Å². The predicted octanol–water partition coefficient (Wildman–Crippen LogP) is 2.66. The van der Waals surface area contributed by atoms with E-state index in [-0.39, 0.29) is 0 Å². The van der Waals surface area contributed by atoms with Gasteiger partial charge in [-0.15, -0.1) is 0 Å². The van der Waals surface area contributed by atoms with Crippen LogP contribution in [0.2, 0.25) is 0 Å². The van der Waals surface area contributed by atoms with Crippen molar-refractivity contribution in [1.29, 1.82) is 0 Å². The fourth-order valence-electron chi connectivity index (χ4n) is 1.65. The van der Waals surface area contributed by atoms with Gasteiger partial charge in [0.2, 0.25) is 0 Å². The van der Waals surface area contributed by atoms with E-state index in [4.69, 9.17) is 0 Å². The Morgan fingerprint density at radius 1 is 1.00 bits per heavy atom. The van der Waals surface area contributed by atoms with Crippen molar-refractivity contribution in [3.63, 3.8) is 0 Å². The lowest BCUT2D eigenvalue weighted by Crippen LogP contribution is -2.50. The molecule has 0 saturated carbocycles. The zero-order chi connectivity index (χ0) is 8.91. The third-order valence-electron chi connectivity index (χ3n) is 2.72. The summed E-state index contributed by atoms with van der Waals surface area (Å²) >= 11 is 0. The maximum absolute atomic E-state index is 2.37. The molecule has 0 bridgehead atoms. The highest BCUT2D eigenvalue weighted by Crippen LogP contribution is 2.11. The normalized spacial score (nSPS) is 12.5. The van der Waals surface area contributed by atoms with Crippen LogP contribution in [0.4, 0.5) is 0 Å². The van der Waals surface area contributed by atoms with Gasteiger partial charge in [-0.2, -0.15) is 0 Å². The third-order valence-corrected chi connectivity index (χ3v) is 2.72. The van der Waals surface area contributed by atoms with E-state index < -0.39 is 0 Å². The molecule has 0 atom stereocenters. The first-order valence-corrected chi connectivity index (χ1v) is 4.91. The Balaban J connectivity index is 4.01. The van der Waals surface area contributed by atoms with Gasteiger partial charge in [-0.25, -0.2) is 0 Å². The Morgan fingerprint density at radius 3 is 1.55 bits per heavy atom. The number of quaternary nitrogens is 1. The summed E-state index contributed by atoms with van der Waals surface area (Å²) in [6.07, 6.45) is 2.60. The molecule has 0 spiro atoms. The average Bonchev–Trinajstić information content (AvgIpc) is 1.88. The fraction of sp³-hybridized carbons (Fsp3) is 1.00. The molecule has 0 aromatic heterocycles. The Morgan fingerprint density at radius 2 is 1.36 bits per heavy atom. The Hall–Kier alpha value is -0.0400. The molecule has 0 rings (SSSR count). The molecule has 0 aliphatic rings. The van der Waals surface area contributed by atoms with Crippen molar-refractivity contribution in [2.24, 2.45) is 0 Å². The van der Waals surface area contributed by atoms with Crippen LogP contribution in [0, 0.1) is 0 Å². The summed E-state index contributed by atoms with van der Waals surface area (Å²) in [7, 11) is 2.37. The van der Waals surface area contributed by atoms with Gasteiger partial charge < -0.3 is 4.48 Å². The maximum Gasteiger partial charge on any atom is 0.0831 e. The zero-order valence-electron chi connectivity index (χ0n) is 8.85. The molecule has 0 unspecified atom stereocenters. The lowest BCUT2D eigenvalue weighted by molar-refractivity contribution is -0.929. The van der Waals surface area contributed by atoms with E-state index >= 15 is 0 Å². The second-order valence-corrected chi connectivity index (χ2v) is 4.02.